The minimum Gasteiger partial charge on any atom is -0.465 e. The highest BCUT2D eigenvalue weighted by Crippen LogP contribution is 2.53. The van der Waals surface area contributed by atoms with Gasteiger partial charge in [-0.1, -0.05) is 18.7 Å². The number of carbonyl (C=O) groups is 3. The summed E-state index contributed by atoms with van der Waals surface area (Å²) in [7, 11) is 0. The van der Waals surface area contributed by atoms with E-state index in [1.165, 1.54) is 13.8 Å². The van der Waals surface area contributed by atoms with Crippen molar-refractivity contribution in [2.24, 2.45) is 23.7 Å². The highest BCUT2D eigenvalue weighted by Gasteiger charge is 2.56. The van der Waals surface area contributed by atoms with Crippen LogP contribution in [0.15, 0.2) is 24.3 Å². The quantitative estimate of drug-likeness (QED) is 0.337. The Morgan fingerprint density at radius 2 is 1.92 bits per heavy atom. The fraction of sp³-hybridized carbons (Fsp3) is 0.632. The second-order valence-corrected chi connectivity index (χ2v) is 7.23. The molecular formula is C19H24O6. The van der Waals surface area contributed by atoms with Gasteiger partial charge >= 0.3 is 17.9 Å². The zero-order valence-electron chi connectivity index (χ0n) is 14.7. The first kappa shape index (κ1) is 17.7. The third-order valence-electron chi connectivity index (χ3n) is 5.75. The molecular weight excluding hydrogens is 324 g/mol. The van der Waals surface area contributed by atoms with Crippen LogP contribution in [0.1, 0.15) is 33.1 Å². The number of ether oxygens (including phenoxy) is 3. The molecule has 6 unspecified atom stereocenters. The lowest BCUT2D eigenvalue weighted by atomic mass is 9.79. The van der Waals surface area contributed by atoms with Crippen LogP contribution in [0.2, 0.25) is 0 Å². The summed E-state index contributed by atoms with van der Waals surface area (Å²) in [4.78, 5) is 34.9. The van der Waals surface area contributed by atoms with Gasteiger partial charge in [0.25, 0.3) is 0 Å². The largest absolute Gasteiger partial charge is 0.465 e. The van der Waals surface area contributed by atoms with Gasteiger partial charge in [0, 0.05) is 37.2 Å². The van der Waals surface area contributed by atoms with Crippen molar-refractivity contribution >= 4 is 17.9 Å². The van der Waals surface area contributed by atoms with Crippen LogP contribution >= 0.6 is 0 Å². The molecule has 0 aromatic carbocycles. The van der Waals surface area contributed by atoms with Gasteiger partial charge in [-0.05, 0) is 25.2 Å². The Hall–Kier alpha value is -2.11. The number of carbonyl (C=O) groups excluding carboxylic acids is 3. The van der Waals surface area contributed by atoms with Crippen LogP contribution in [-0.2, 0) is 28.6 Å². The molecule has 136 valence electrons. The van der Waals surface area contributed by atoms with E-state index in [-0.39, 0.29) is 60.4 Å². The minimum absolute atomic E-state index is 0.0600. The van der Waals surface area contributed by atoms with Gasteiger partial charge < -0.3 is 14.2 Å². The molecule has 2 aliphatic carbocycles. The summed E-state index contributed by atoms with van der Waals surface area (Å²) in [6.07, 6.45) is 1.47. The van der Waals surface area contributed by atoms with Crippen LogP contribution < -0.4 is 0 Å². The molecule has 1 saturated heterocycles. The SMILES string of the molecule is C=C1C(=O)OC2C1CCC(=C)C1CC(OC(C)=O)C(COC(C)=O)C12. The number of fused-ring (bicyclic) bond motifs is 3. The first-order chi connectivity index (χ1) is 11.8. The molecule has 3 rings (SSSR count). The highest BCUT2D eigenvalue weighted by molar-refractivity contribution is 5.90. The highest BCUT2D eigenvalue weighted by atomic mass is 16.6. The van der Waals surface area contributed by atoms with Crippen LogP contribution in [0.4, 0.5) is 0 Å². The summed E-state index contributed by atoms with van der Waals surface area (Å²) in [5.74, 6) is -1.42. The van der Waals surface area contributed by atoms with Crippen LogP contribution in [0, 0.1) is 23.7 Å². The molecule has 0 aromatic rings. The second kappa shape index (κ2) is 6.65. The third kappa shape index (κ3) is 3.22. The van der Waals surface area contributed by atoms with Gasteiger partial charge in [0.05, 0.1) is 6.61 Å². The summed E-state index contributed by atoms with van der Waals surface area (Å²) in [5.41, 5.74) is 1.58. The van der Waals surface area contributed by atoms with E-state index in [1.54, 1.807) is 0 Å². The molecule has 0 aromatic heterocycles. The molecule has 0 amide bonds. The Morgan fingerprint density at radius 1 is 1.20 bits per heavy atom. The molecule has 3 aliphatic rings. The average molecular weight is 348 g/mol. The van der Waals surface area contributed by atoms with Gasteiger partial charge in [-0.15, -0.1) is 0 Å². The molecule has 1 aliphatic heterocycles. The maximum Gasteiger partial charge on any atom is 0.334 e. The van der Waals surface area contributed by atoms with Gasteiger partial charge in [0.15, 0.2) is 0 Å². The van der Waals surface area contributed by atoms with Gasteiger partial charge in [-0.2, -0.15) is 0 Å². The van der Waals surface area contributed by atoms with Crippen LogP contribution in [-0.4, -0.2) is 36.7 Å². The number of hydrogen-bond donors (Lipinski definition) is 0. The van der Waals surface area contributed by atoms with Crippen molar-refractivity contribution in [2.75, 3.05) is 6.61 Å². The maximum atomic E-state index is 12.0. The Bertz CT molecular complexity index is 636. The fourth-order valence-corrected chi connectivity index (χ4v) is 4.66. The van der Waals surface area contributed by atoms with Crippen molar-refractivity contribution in [2.45, 2.75) is 45.3 Å². The molecule has 3 fully saturated rings. The summed E-state index contributed by atoms with van der Waals surface area (Å²) in [5, 5.41) is 0. The smallest absolute Gasteiger partial charge is 0.334 e. The van der Waals surface area contributed by atoms with Gasteiger partial charge in [0.1, 0.15) is 12.2 Å². The van der Waals surface area contributed by atoms with Crippen LogP contribution in [0.25, 0.3) is 0 Å². The normalized spacial score (nSPS) is 37.0. The average Bonchev–Trinajstić information content (AvgIpc) is 2.96. The molecule has 0 spiro atoms. The summed E-state index contributed by atoms with van der Waals surface area (Å²) < 4.78 is 16.4. The topological polar surface area (TPSA) is 78.9 Å². The number of esters is 3. The van der Waals surface area contributed by atoms with Crippen molar-refractivity contribution in [3.63, 3.8) is 0 Å². The molecule has 0 radical (unpaired) electrons. The lowest BCUT2D eigenvalue weighted by Crippen LogP contribution is -2.37. The standard InChI is InChI=1S/C19H24O6/c1-9-5-6-13-10(2)19(22)25-18(13)17-14(9)7-16(24-12(4)21)15(17)8-23-11(3)20/h13-18H,1-2,5-8H2,3-4H3. The lowest BCUT2D eigenvalue weighted by Gasteiger charge is -2.30. The molecule has 6 nitrogen and oxygen atoms in total. The van der Waals surface area contributed by atoms with Gasteiger partial charge in [0.2, 0.25) is 0 Å². The first-order valence-electron chi connectivity index (χ1n) is 8.67. The number of hydrogen-bond acceptors (Lipinski definition) is 6. The van der Waals surface area contributed by atoms with E-state index in [9.17, 15) is 14.4 Å². The van der Waals surface area contributed by atoms with E-state index in [1.807, 2.05) is 0 Å². The Labute approximate surface area is 147 Å². The molecule has 6 atom stereocenters. The molecule has 2 saturated carbocycles. The summed E-state index contributed by atoms with van der Waals surface area (Å²) in [6.45, 7) is 11.0. The summed E-state index contributed by atoms with van der Waals surface area (Å²) in [6, 6.07) is 0. The summed E-state index contributed by atoms with van der Waals surface area (Å²) >= 11 is 0. The van der Waals surface area contributed by atoms with Crippen molar-refractivity contribution in [3.8, 4) is 0 Å². The number of rotatable bonds is 3. The van der Waals surface area contributed by atoms with E-state index in [0.717, 1.165) is 18.4 Å². The first-order valence-corrected chi connectivity index (χ1v) is 8.67. The lowest BCUT2D eigenvalue weighted by molar-refractivity contribution is -0.155. The van der Waals surface area contributed by atoms with E-state index in [0.29, 0.717) is 12.0 Å². The predicted octanol–water partition coefficient (Wildman–Crippen LogP) is 2.18. The van der Waals surface area contributed by atoms with Gasteiger partial charge in [-0.25, -0.2) is 4.79 Å². The maximum absolute atomic E-state index is 12.0. The number of allylic oxidation sites excluding steroid dienone is 1. The van der Waals surface area contributed by atoms with Crippen molar-refractivity contribution in [1.29, 1.82) is 0 Å². The fourth-order valence-electron chi connectivity index (χ4n) is 4.66. The van der Waals surface area contributed by atoms with E-state index in [4.69, 9.17) is 14.2 Å². The Balaban J connectivity index is 1.94. The van der Waals surface area contributed by atoms with Crippen molar-refractivity contribution in [3.05, 3.63) is 24.3 Å². The van der Waals surface area contributed by atoms with Crippen LogP contribution in [0.5, 0.6) is 0 Å². The predicted molar refractivity (Wildman–Crippen MR) is 88.2 cm³/mol. The Kier molecular flexibility index (Phi) is 4.71. The molecule has 0 N–H and O–H groups in total. The molecule has 6 heteroatoms. The van der Waals surface area contributed by atoms with E-state index >= 15 is 0 Å². The molecule has 0 bridgehead atoms. The monoisotopic (exact) mass is 348 g/mol. The third-order valence-corrected chi connectivity index (χ3v) is 5.75. The van der Waals surface area contributed by atoms with Gasteiger partial charge in [-0.3, -0.25) is 9.59 Å². The van der Waals surface area contributed by atoms with E-state index in [2.05, 4.69) is 13.2 Å². The van der Waals surface area contributed by atoms with Crippen molar-refractivity contribution in [1.82, 2.24) is 0 Å². The van der Waals surface area contributed by atoms with Crippen LogP contribution in [0.3, 0.4) is 0 Å². The zero-order valence-corrected chi connectivity index (χ0v) is 14.7. The minimum atomic E-state index is -0.387. The second-order valence-electron chi connectivity index (χ2n) is 7.23. The Morgan fingerprint density at radius 3 is 2.56 bits per heavy atom. The van der Waals surface area contributed by atoms with E-state index < -0.39 is 0 Å². The van der Waals surface area contributed by atoms with Crippen molar-refractivity contribution < 1.29 is 28.6 Å². The molecule has 25 heavy (non-hydrogen) atoms. The zero-order chi connectivity index (χ0) is 18.3. The molecule has 1 heterocycles.